The summed E-state index contributed by atoms with van der Waals surface area (Å²) in [6, 6.07) is 6.62. The molecule has 0 atom stereocenters. The predicted octanol–water partition coefficient (Wildman–Crippen LogP) is 2.85. The molecule has 0 aliphatic heterocycles. The van der Waals surface area contributed by atoms with Crippen molar-refractivity contribution in [1.29, 1.82) is 0 Å². The lowest BCUT2D eigenvalue weighted by Crippen LogP contribution is -2.27. The van der Waals surface area contributed by atoms with E-state index >= 15 is 0 Å². The van der Waals surface area contributed by atoms with Crippen LogP contribution in [0, 0.1) is 11.6 Å². The van der Waals surface area contributed by atoms with Crippen LogP contribution in [0.2, 0.25) is 0 Å². The highest BCUT2D eigenvalue weighted by Crippen LogP contribution is 2.09. The highest BCUT2D eigenvalue weighted by atomic mass is 32.1. The van der Waals surface area contributed by atoms with Gasteiger partial charge in [-0.25, -0.2) is 8.78 Å². The molecule has 2 aromatic rings. The first-order valence-corrected chi connectivity index (χ1v) is 7.96. The van der Waals surface area contributed by atoms with E-state index in [-0.39, 0.29) is 24.4 Å². The Hall–Kier alpha value is -2.28. The molecule has 23 heavy (non-hydrogen) atoms. The highest BCUT2D eigenvalue weighted by Gasteiger charge is 2.12. The molecular weight excluding hydrogens is 322 g/mol. The van der Waals surface area contributed by atoms with E-state index in [0.717, 1.165) is 17.0 Å². The Bertz CT molecular complexity index is 675. The fraction of sp³-hybridized carbons (Fsp3) is 0.250. The molecule has 2 amide bonds. The molecule has 2 N–H and O–H groups in total. The molecule has 122 valence electrons. The quantitative estimate of drug-likeness (QED) is 0.763. The van der Waals surface area contributed by atoms with Crippen molar-refractivity contribution in [1.82, 2.24) is 10.6 Å². The van der Waals surface area contributed by atoms with Gasteiger partial charge in [0.15, 0.2) is 0 Å². The number of benzene rings is 1. The van der Waals surface area contributed by atoms with Gasteiger partial charge in [0.1, 0.15) is 11.6 Å². The molecule has 1 aromatic carbocycles. The van der Waals surface area contributed by atoms with E-state index in [2.05, 4.69) is 10.6 Å². The fourth-order valence-electron chi connectivity index (χ4n) is 1.91. The maximum atomic E-state index is 13.4. The summed E-state index contributed by atoms with van der Waals surface area (Å²) >= 11 is 1.56. The summed E-state index contributed by atoms with van der Waals surface area (Å²) in [5.41, 5.74) is -0.214. The molecule has 2 rings (SSSR count). The van der Waals surface area contributed by atoms with Crippen molar-refractivity contribution in [2.24, 2.45) is 0 Å². The lowest BCUT2D eigenvalue weighted by Gasteiger charge is -2.07. The average molecular weight is 338 g/mol. The van der Waals surface area contributed by atoms with Crippen LogP contribution in [0.25, 0.3) is 0 Å². The zero-order valence-corrected chi connectivity index (χ0v) is 13.1. The highest BCUT2D eigenvalue weighted by molar-refractivity contribution is 7.09. The number of rotatable bonds is 7. The summed E-state index contributed by atoms with van der Waals surface area (Å²) in [5.74, 6) is -2.38. The summed E-state index contributed by atoms with van der Waals surface area (Å²) in [4.78, 5) is 24.4. The number of amides is 2. The van der Waals surface area contributed by atoms with Gasteiger partial charge < -0.3 is 10.6 Å². The Morgan fingerprint density at radius 2 is 1.96 bits per heavy atom. The maximum Gasteiger partial charge on any atom is 0.254 e. The van der Waals surface area contributed by atoms with Gasteiger partial charge in [0, 0.05) is 23.9 Å². The lowest BCUT2D eigenvalue weighted by molar-refractivity contribution is -0.121. The second-order valence-corrected chi connectivity index (χ2v) is 5.87. The van der Waals surface area contributed by atoms with Gasteiger partial charge in [-0.3, -0.25) is 9.59 Å². The number of carbonyl (C=O) groups is 2. The van der Waals surface area contributed by atoms with E-state index in [0.29, 0.717) is 19.0 Å². The molecule has 0 fully saturated rings. The van der Waals surface area contributed by atoms with Crippen molar-refractivity contribution in [2.45, 2.75) is 19.4 Å². The molecule has 0 radical (unpaired) electrons. The van der Waals surface area contributed by atoms with E-state index in [4.69, 9.17) is 0 Å². The third kappa shape index (κ3) is 5.45. The van der Waals surface area contributed by atoms with Crippen LogP contribution in [0.5, 0.6) is 0 Å². The first-order chi connectivity index (χ1) is 11.1. The van der Waals surface area contributed by atoms with Crippen LogP contribution in [0.3, 0.4) is 0 Å². The Labute approximate surface area is 136 Å². The number of hydrogen-bond donors (Lipinski definition) is 2. The summed E-state index contributed by atoms with van der Waals surface area (Å²) in [7, 11) is 0. The Morgan fingerprint density at radius 1 is 1.13 bits per heavy atom. The van der Waals surface area contributed by atoms with Gasteiger partial charge in [0.05, 0.1) is 12.1 Å². The van der Waals surface area contributed by atoms with Crippen molar-refractivity contribution < 1.29 is 18.4 Å². The molecule has 0 saturated carbocycles. The van der Waals surface area contributed by atoms with E-state index in [1.165, 1.54) is 0 Å². The minimum absolute atomic E-state index is 0.111. The molecule has 4 nitrogen and oxygen atoms in total. The van der Waals surface area contributed by atoms with Gasteiger partial charge in [-0.15, -0.1) is 11.3 Å². The zero-order valence-electron chi connectivity index (χ0n) is 12.3. The molecular formula is C16H16F2N2O2S. The van der Waals surface area contributed by atoms with E-state index < -0.39 is 17.5 Å². The molecule has 0 aliphatic carbocycles. The number of hydrogen-bond acceptors (Lipinski definition) is 3. The van der Waals surface area contributed by atoms with Gasteiger partial charge >= 0.3 is 0 Å². The van der Waals surface area contributed by atoms with Crippen LogP contribution in [0.1, 0.15) is 28.1 Å². The summed E-state index contributed by atoms with van der Waals surface area (Å²) in [5, 5.41) is 7.22. The van der Waals surface area contributed by atoms with Crippen molar-refractivity contribution in [3.8, 4) is 0 Å². The summed E-state index contributed by atoms with van der Waals surface area (Å²) in [6.45, 7) is 0.728. The Morgan fingerprint density at radius 3 is 2.65 bits per heavy atom. The van der Waals surface area contributed by atoms with Crippen LogP contribution in [0.4, 0.5) is 8.78 Å². The van der Waals surface area contributed by atoms with Crippen molar-refractivity contribution in [3.63, 3.8) is 0 Å². The second-order valence-electron chi connectivity index (χ2n) is 4.84. The largest absolute Gasteiger partial charge is 0.352 e. The van der Waals surface area contributed by atoms with Gasteiger partial charge in [0.25, 0.3) is 5.91 Å². The summed E-state index contributed by atoms with van der Waals surface area (Å²) < 4.78 is 26.2. The molecule has 0 unspecified atom stereocenters. The van der Waals surface area contributed by atoms with Gasteiger partial charge in [0.2, 0.25) is 5.91 Å². The SMILES string of the molecule is O=C(CCCNC(=O)c1ccc(F)cc1F)NCc1cccs1. The van der Waals surface area contributed by atoms with Crippen LogP contribution in [-0.4, -0.2) is 18.4 Å². The number of halogens is 2. The topological polar surface area (TPSA) is 58.2 Å². The van der Waals surface area contributed by atoms with Crippen LogP contribution in [-0.2, 0) is 11.3 Å². The van der Waals surface area contributed by atoms with Gasteiger partial charge in [-0.05, 0) is 30.0 Å². The Balaban J connectivity index is 1.66. The van der Waals surface area contributed by atoms with Gasteiger partial charge in [-0.2, -0.15) is 0 Å². The standard InChI is InChI=1S/C16H16F2N2O2S/c17-11-5-6-13(14(18)9-11)16(22)19-7-1-4-15(21)20-10-12-3-2-8-23-12/h2-3,5-6,8-9H,1,4,7,10H2,(H,19,22)(H,20,21). The van der Waals surface area contributed by atoms with Crippen molar-refractivity contribution in [2.75, 3.05) is 6.54 Å². The molecule has 0 bridgehead atoms. The minimum atomic E-state index is -0.906. The smallest absolute Gasteiger partial charge is 0.254 e. The molecule has 1 aromatic heterocycles. The number of nitrogens with one attached hydrogen (secondary N) is 2. The third-order valence-electron chi connectivity index (χ3n) is 3.08. The van der Waals surface area contributed by atoms with E-state index in [1.54, 1.807) is 11.3 Å². The predicted molar refractivity (Wildman–Crippen MR) is 84.1 cm³/mol. The van der Waals surface area contributed by atoms with Crippen molar-refractivity contribution in [3.05, 3.63) is 57.8 Å². The number of thiophene rings is 1. The molecule has 7 heteroatoms. The lowest BCUT2D eigenvalue weighted by atomic mass is 10.2. The van der Waals surface area contributed by atoms with Gasteiger partial charge in [-0.1, -0.05) is 6.07 Å². The minimum Gasteiger partial charge on any atom is -0.352 e. The molecule has 0 aliphatic rings. The molecule has 0 saturated heterocycles. The average Bonchev–Trinajstić information content (AvgIpc) is 3.02. The second kappa shape index (κ2) is 8.38. The first-order valence-electron chi connectivity index (χ1n) is 7.08. The summed E-state index contributed by atoms with van der Waals surface area (Å²) in [6.07, 6.45) is 0.697. The fourth-order valence-corrected chi connectivity index (χ4v) is 2.55. The van der Waals surface area contributed by atoms with E-state index in [1.807, 2.05) is 17.5 Å². The Kier molecular flexibility index (Phi) is 6.22. The number of carbonyl (C=O) groups excluding carboxylic acids is 2. The molecule has 0 spiro atoms. The zero-order chi connectivity index (χ0) is 16.7. The molecule has 1 heterocycles. The maximum absolute atomic E-state index is 13.4. The van der Waals surface area contributed by atoms with E-state index in [9.17, 15) is 18.4 Å². The monoisotopic (exact) mass is 338 g/mol. The first kappa shape index (κ1) is 17.1. The van der Waals surface area contributed by atoms with Crippen LogP contribution in [0.15, 0.2) is 35.7 Å². The van der Waals surface area contributed by atoms with Crippen LogP contribution < -0.4 is 10.6 Å². The normalized spacial score (nSPS) is 10.3. The van der Waals surface area contributed by atoms with Crippen molar-refractivity contribution >= 4 is 23.2 Å². The van der Waals surface area contributed by atoms with Crippen LogP contribution >= 0.6 is 11.3 Å². The third-order valence-corrected chi connectivity index (χ3v) is 3.96.